The number of hydrogen-bond acceptors (Lipinski definition) is 4. The summed E-state index contributed by atoms with van der Waals surface area (Å²) in [7, 11) is 0. The molecule has 0 radical (unpaired) electrons. The molecule has 0 saturated heterocycles. The number of carbonyl (C=O) groups is 1. The third-order valence-corrected chi connectivity index (χ3v) is 6.97. The molecule has 27 heavy (non-hydrogen) atoms. The molecule has 2 saturated carbocycles. The Labute approximate surface area is 163 Å². The molecule has 2 N–H and O–H groups in total. The maximum atomic E-state index is 11.6. The van der Waals surface area contributed by atoms with Gasteiger partial charge in [-0.2, -0.15) is 5.10 Å². The maximum absolute atomic E-state index is 11.6. The van der Waals surface area contributed by atoms with Gasteiger partial charge in [-0.25, -0.2) is 4.68 Å². The molecule has 2 heterocycles. The van der Waals surface area contributed by atoms with Crippen LogP contribution in [0.2, 0.25) is 0 Å². The lowest BCUT2D eigenvalue weighted by atomic mass is 10.2. The average molecular weight is 381 g/mol. The number of nitrogens with zero attached hydrogens (tertiary/aromatic N) is 3. The second-order valence-electron chi connectivity index (χ2n) is 7.84. The minimum atomic E-state index is -0.346. The van der Waals surface area contributed by atoms with Crippen LogP contribution >= 0.6 is 11.8 Å². The lowest BCUT2D eigenvalue weighted by Crippen LogP contribution is -2.24. The Morgan fingerprint density at radius 3 is 2.30 bits per heavy atom. The molecule has 1 aromatic carbocycles. The highest BCUT2D eigenvalue weighted by Gasteiger charge is 2.33. The van der Waals surface area contributed by atoms with Crippen LogP contribution in [0.25, 0.3) is 5.69 Å². The molecule has 2 aliphatic carbocycles. The Kier molecular flexibility index (Phi) is 3.86. The fourth-order valence-corrected chi connectivity index (χ4v) is 5.07. The highest BCUT2D eigenvalue weighted by molar-refractivity contribution is 8.05. The van der Waals surface area contributed by atoms with E-state index < -0.39 is 0 Å². The summed E-state index contributed by atoms with van der Waals surface area (Å²) < 4.78 is 2.15. The van der Waals surface area contributed by atoms with E-state index in [2.05, 4.69) is 46.8 Å². The van der Waals surface area contributed by atoms with Gasteiger partial charge in [0.1, 0.15) is 0 Å². The van der Waals surface area contributed by atoms with E-state index in [-0.39, 0.29) is 11.3 Å². The number of anilines is 1. The molecule has 3 aliphatic rings. The van der Waals surface area contributed by atoms with Crippen molar-refractivity contribution in [3.63, 3.8) is 0 Å². The van der Waals surface area contributed by atoms with Crippen molar-refractivity contribution in [1.29, 1.82) is 0 Å². The van der Waals surface area contributed by atoms with Crippen molar-refractivity contribution in [2.75, 3.05) is 4.90 Å². The Morgan fingerprint density at radius 1 is 1.11 bits per heavy atom. The van der Waals surface area contributed by atoms with Crippen LogP contribution in [0.15, 0.2) is 40.9 Å². The molecule has 6 heteroatoms. The van der Waals surface area contributed by atoms with Crippen molar-refractivity contribution in [3.05, 3.63) is 52.3 Å². The van der Waals surface area contributed by atoms with Gasteiger partial charge in [0.2, 0.25) is 0 Å². The summed E-state index contributed by atoms with van der Waals surface area (Å²) >= 11 is 1.53. The summed E-state index contributed by atoms with van der Waals surface area (Å²) in [6.07, 6.45) is 5.10. The lowest BCUT2D eigenvalue weighted by molar-refractivity contribution is -0.113. The topological polar surface area (TPSA) is 64.2 Å². The van der Waals surface area contributed by atoms with Gasteiger partial charge in [0.05, 0.1) is 21.7 Å². The number of aromatic nitrogens is 2. The third kappa shape index (κ3) is 2.96. The maximum Gasteiger partial charge on any atom is 0.256 e. The highest BCUT2D eigenvalue weighted by Crippen LogP contribution is 2.45. The van der Waals surface area contributed by atoms with E-state index in [1.807, 2.05) is 6.92 Å². The Bertz CT molecular complexity index is 938. The standard InChI is InChI=1S/C21H24N4OS/c1-12-20(21(22)26)27-13(2)24(12)16-7-9-17(10-8-16)25-19(15-5-6-15)11-18(23-25)14-3-4-14/h7-11,13-15H,3-6H2,1-2H3,(H2,22,26). The van der Waals surface area contributed by atoms with Gasteiger partial charge in [0.25, 0.3) is 5.91 Å². The molecular formula is C21H24N4OS. The minimum absolute atomic E-state index is 0.159. The zero-order chi connectivity index (χ0) is 18.7. The van der Waals surface area contributed by atoms with Gasteiger partial charge in [-0.05, 0) is 69.9 Å². The first-order valence-electron chi connectivity index (χ1n) is 9.70. The first-order chi connectivity index (χ1) is 13.0. The fourth-order valence-electron chi connectivity index (χ4n) is 3.96. The van der Waals surface area contributed by atoms with E-state index in [9.17, 15) is 4.79 Å². The molecule has 0 bridgehead atoms. The molecule has 5 nitrogen and oxygen atoms in total. The molecule has 1 aliphatic heterocycles. The second kappa shape index (κ2) is 6.16. The molecule has 1 amide bonds. The molecule has 1 aromatic heterocycles. The largest absolute Gasteiger partial charge is 0.365 e. The first-order valence-corrected chi connectivity index (χ1v) is 10.6. The summed E-state index contributed by atoms with van der Waals surface area (Å²) in [6, 6.07) is 10.8. The molecule has 1 unspecified atom stereocenters. The number of allylic oxidation sites excluding steroid dienone is 1. The van der Waals surface area contributed by atoms with Gasteiger partial charge >= 0.3 is 0 Å². The van der Waals surface area contributed by atoms with E-state index in [0.29, 0.717) is 16.7 Å². The number of thioether (sulfide) groups is 1. The summed E-state index contributed by atoms with van der Waals surface area (Å²) in [4.78, 5) is 14.5. The van der Waals surface area contributed by atoms with Gasteiger partial charge in [0.15, 0.2) is 0 Å². The number of primary amides is 1. The van der Waals surface area contributed by atoms with Gasteiger partial charge in [0, 0.05) is 28.9 Å². The first kappa shape index (κ1) is 16.9. The number of benzene rings is 1. The molecule has 140 valence electrons. The van der Waals surface area contributed by atoms with Crippen LogP contribution in [0.5, 0.6) is 0 Å². The van der Waals surface area contributed by atoms with Crippen molar-refractivity contribution in [3.8, 4) is 5.69 Å². The van der Waals surface area contributed by atoms with Gasteiger partial charge in [-0.3, -0.25) is 4.79 Å². The number of carbonyl (C=O) groups excluding carboxylic acids is 1. The highest BCUT2D eigenvalue weighted by atomic mass is 32.2. The van der Waals surface area contributed by atoms with Crippen molar-refractivity contribution >= 4 is 23.4 Å². The van der Waals surface area contributed by atoms with Crippen molar-refractivity contribution in [2.45, 2.75) is 56.7 Å². The Morgan fingerprint density at radius 2 is 1.74 bits per heavy atom. The second-order valence-corrected chi connectivity index (χ2v) is 9.16. The number of rotatable bonds is 5. The predicted octanol–water partition coefficient (Wildman–Crippen LogP) is 4.24. The summed E-state index contributed by atoms with van der Waals surface area (Å²) in [5.41, 5.74) is 11.3. The van der Waals surface area contributed by atoms with E-state index in [0.717, 1.165) is 17.1 Å². The van der Waals surface area contributed by atoms with E-state index in [4.69, 9.17) is 10.8 Å². The van der Waals surface area contributed by atoms with Crippen LogP contribution in [0.3, 0.4) is 0 Å². The van der Waals surface area contributed by atoms with E-state index in [1.54, 1.807) is 0 Å². The molecule has 5 rings (SSSR count). The van der Waals surface area contributed by atoms with E-state index in [1.165, 1.54) is 48.8 Å². The predicted molar refractivity (Wildman–Crippen MR) is 109 cm³/mol. The van der Waals surface area contributed by atoms with Crippen LogP contribution in [0.4, 0.5) is 5.69 Å². The van der Waals surface area contributed by atoms with Crippen molar-refractivity contribution in [2.24, 2.45) is 5.73 Å². The van der Waals surface area contributed by atoms with Crippen LogP contribution in [-0.4, -0.2) is 21.1 Å². The van der Waals surface area contributed by atoms with Crippen molar-refractivity contribution < 1.29 is 4.79 Å². The summed E-state index contributed by atoms with van der Waals surface area (Å²) in [6.45, 7) is 4.06. The summed E-state index contributed by atoms with van der Waals surface area (Å²) in [5, 5.41) is 5.08. The van der Waals surface area contributed by atoms with Gasteiger partial charge in [-0.15, -0.1) is 0 Å². The molecule has 1 atom stereocenters. The zero-order valence-corrected chi connectivity index (χ0v) is 16.5. The third-order valence-electron chi connectivity index (χ3n) is 5.69. The quantitative estimate of drug-likeness (QED) is 0.842. The number of amides is 1. The summed E-state index contributed by atoms with van der Waals surface area (Å²) in [5.74, 6) is 0.996. The van der Waals surface area contributed by atoms with Gasteiger partial charge < -0.3 is 10.6 Å². The normalized spacial score (nSPS) is 22.6. The minimum Gasteiger partial charge on any atom is -0.365 e. The van der Waals surface area contributed by atoms with Crippen molar-refractivity contribution in [1.82, 2.24) is 9.78 Å². The number of nitrogens with two attached hydrogens (primary N) is 1. The average Bonchev–Trinajstić information content (AvgIpc) is 3.58. The SMILES string of the molecule is CC1=C(C(N)=O)SC(C)N1c1ccc(-n2nc(C3CC3)cc2C2CC2)cc1. The van der Waals surface area contributed by atoms with Gasteiger partial charge in [-0.1, -0.05) is 11.8 Å². The Hall–Kier alpha value is -2.21. The molecule has 2 fully saturated rings. The van der Waals surface area contributed by atoms with E-state index >= 15 is 0 Å². The molecular weight excluding hydrogens is 356 g/mol. The Balaban J connectivity index is 1.47. The smallest absolute Gasteiger partial charge is 0.256 e. The molecule has 0 spiro atoms. The fraction of sp³-hybridized carbons (Fsp3) is 0.429. The van der Waals surface area contributed by atoms with Crippen LogP contribution in [0.1, 0.15) is 62.8 Å². The zero-order valence-electron chi connectivity index (χ0n) is 15.7. The monoisotopic (exact) mass is 380 g/mol. The molecule has 2 aromatic rings. The van der Waals surface area contributed by atoms with Crippen LogP contribution in [-0.2, 0) is 4.79 Å². The van der Waals surface area contributed by atoms with Crippen LogP contribution in [0, 0.1) is 0 Å². The number of hydrogen-bond donors (Lipinski definition) is 1. The van der Waals surface area contributed by atoms with Crippen LogP contribution < -0.4 is 10.6 Å². The lowest BCUT2D eigenvalue weighted by Gasteiger charge is -2.25.